The Kier molecular flexibility index (Phi) is 4.30. The molecular formula is C18H23FN2O. The molecule has 22 heavy (non-hydrogen) atoms. The first kappa shape index (κ1) is 15.2. The molecule has 4 heteroatoms. The van der Waals surface area contributed by atoms with Crippen molar-refractivity contribution in [1.29, 1.82) is 0 Å². The predicted molar refractivity (Wildman–Crippen MR) is 85.2 cm³/mol. The van der Waals surface area contributed by atoms with Crippen LogP contribution in [0.3, 0.4) is 0 Å². The second-order valence-corrected chi connectivity index (χ2v) is 6.45. The van der Waals surface area contributed by atoms with Crippen LogP contribution in [0.5, 0.6) is 0 Å². The number of nitrogens with zero attached hydrogens (tertiary/aromatic N) is 2. The average Bonchev–Trinajstić information content (AvgIpc) is 3.01. The van der Waals surface area contributed by atoms with Gasteiger partial charge >= 0.3 is 0 Å². The Bertz CT molecular complexity index is 642. The number of halogens is 1. The number of aryl methyl sites for hydroxylation is 2. The number of hydrogen-bond acceptors (Lipinski definition) is 2. The highest BCUT2D eigenvalue weighted by molar-refractivity contribution is 5.58. The maximum absolute atomic E-state index is 13.8. The lowest BCUT2D eigenvalue weighted by Crippen LogP contribution is -2.21. The van der Waals surface area contributed by atoms with E-state index in [4.69, 9.17) is 0 Å². The minimum absolute atomic E-state index is 0.139. The standard InChI is InChI=1S/C18H23FN2O/c1-12-8-15(9-13(2)17(12)19)18-20-6-7-21(18)16-5-3-4-14(10-16)11-22/h6-9,14,16,22H,3-5,10-11H2,1-2H3/t14-,16+/m0/s1. The maximum Gasteiger partial charge on any atom is 0.140 e. The van der Waals surface area contributed by atoms with E-state index in [2.05, 4.69) is 9.55 Å². The highest BCUT2D eigenvalue weighted by atomic mass is 19.1. The van der Waals surface area contributed by atoms with E-state index in [1.54, 1.807) is 13.8 Å². The third-order valence-electron chi connectivity index (χ3n) is 4.77. The topological polar surface area (TPSA) is 38.0 Å². The lowest BCUT2D eigenvalue weighted by molar-refractivity contribution is 0.163. The van der Waals surface area contributed by atoms with Gasteiger partial charge in [0.05, 0.1) is 0 Å². The Morgan fingerprint density at radius 1 is 1.27 bits per heavy atom. The summed E-state index contributed by atoms with van der Waals surface area (Å²) in [6.07, 6.45) is 8.15. The molecule has 1 N–H and O–H groups in total. The molecule has 3 rings (SSSR count). The maximum atomic E-state index is 13.8. The van der Waals surface area contributed by atoms with Gasteiger partial charge in [0.25, 0.3) is 0 Å². The molecular weight excluding hydrogens is 279 g/mol. The minimum atomic E-state index is -0.139. The van der Waals surface area contributed by atoms with Crippen molar-refractivity contribution in [3.8, 4) is 11.4 Å². The first-order chi connectivity index (χ1) is 10.6. The van der Waals surface area contributed by atoms with Crippen LogP contribution in [-0.4, -0.2) is 21.3 Å². The van der Waals surface area contributed by atoms with E-state index in [1.807, 2.05) is 24.5 Å². The van der Waals surface area contributed by atoms with Crippen LogP contribution in [-0.2, 0) is 0 Å². The third-order valence-corrected chi connectivity index (χ3v) is 4.77. The lowest BCUT2D eigenvalue weighted by atomic mass is 9.86. The molecule has 118 valence electrons. The van der Waals surface area contributed by atoms with Crippen molar-refractivity contribution in [3.63, 3.8) is 0 Å². The van der Waals surface area contributed by atoms with Gasteiger partial charge in [0.1, 0.15) is 11.6 Å². The van der Waals surface area contributed by atoms with Crippen molar-refractivity contribution in [2.45, 2.75) is 45.6 Å². The molecule has 1 saturated carbocycles. The molecule has 0 saturated heterocycles. The summed E-state index contributed by atoms with van der Waals surface area (Å²) in [7, 11) is 0. The fraction of sp³-hybridized carbons (Fsp3) is 0.500. The summed E-state index contributed by atoms with van der Waals surface area (Å²) in [6.45, 7) is 3.85. The molecule has 0 unspecified atom stereocenters. The van der Waals surface area contributed by atoms with Gasteiger partial charge in [-0.05, 0) is 62.3 Å². The molecule has 1 aromatic carbocycles. The second kappa shape index (κ2) is 6.21. The fourth-order valence-corrected chi connectivity index (χ4v) is 3.59. The van der Waals surface area contributed by atoms with E-state index in [0.29, 0.717) is 23.1 Å². The van der Waals surface area contributed by atoms with E-state index >= 15 is 0 Å². The van der Waals surface area contributed by atoms with E-state index < -0.39 is 0 Å². The van der Waals surface area contributed by atoms with E-state index in [9.17, 15) is 9.50 Å². The highest BCUT2D eigenvalue weighted by Crippen LogP contribution is 2.35. The van der Waals surface area contributed by atoms with Crippen LogP contribution in [0.2, 0.25) is 0 Å². The number of imidazole rings is 1. The normalized spacial score (nSPS) is 22.0. The zero-order valence-corrected chi connectivity index (χ0v) is 13.2. The van der Waals surface area contributed by atoms with Crippen molar-refractivity contribution in [1.82, 2.24) is 9.55 Å². The van der Waals surface area contributed by atoms with Gasteiger partial charge in [-0.3, -0.25) is 0 Å². The first-order valence-electron chi connectivity index (χ1n) is 8.01. The van der Waals surface area contributed by atoms with Crippen molar-refractivity contribution in [2.24, 2.45) is 5.92 Å². The van der Waals surface area contributed by atoms with Gasteiger partial charge in [-0.2, -0.15) is 0 Å². The van der Waals surface area contributed by atoms with Crippen LogP contribution in [0.25, 0.3) is 11.4 Å². The van der Waals surface area contributed by atoms with Crippen LogP contribution in [0.4, 0.5) is 4.39 Å². The number of hydrogen-bond donors (Lipinski definition) is 1. The Hall–Kier alpha value is -1.68. The Morgan fingerprint density at radius 3 is 2.68 bits per heavy atom. The monoisotopic (exact) mass is 302 g/mol. The zero-order valence-electron chi connectivity index (χ0n) is 13.2. The lowest BCUT2D eigenvalue weighted by Gasteiger charge is -2.30. The van der Waals surface area contributed by atoms with E-state index in [0.717, 1.165) is 37.1 Å². The molecule has 2 atom stereocenters. The number of aromatic nitrogens is 2. The third kappa shape index (κ3) is 2.80. The molecule has 0 amide bonds. The number of aliphatic hydroxyl groups excluding tert-OH is 1. The highest BCUT2D eigenvalue weighted by Gasteiger charge is 2.24. The molecule has 3 nitrogen and oxygen atoms in total. The molecule has 2 aromatic rings. The predicted octanol–water partition coefficient (Wildman–Crippen LogP) is 4.03. The van der Waals surface area contributed by atoms with Crippen molar-refractivity contribution < 1.29 is 9.50 Å². The molecule has 1 fully saturated rings. The van der Waals surface area contributed by atoms with Gasteiger partial charge in [-0.1, -0.05) is 6.42 Å². The second-order valence-electron chi connectivity index (χ2n) is 6.45. The summed E-state index contributed by atoms with van der Waals surface area (Å²) < 4.78 is 16.1. The van der Waals surface area contributed by atoms with Crippen molar-refractivity contribution >= 4 is 0 Å². The van der Waals surface area contributed by atoms with Crippen LogP contribution in [0.15, 0.2) is 24.5 Å². The molecule has 0 bridgehead atoms. The molecule has 0 radical (unpaired) electrons. The molecule has 0 spiro atoms. The summed E-state index contributed by atoms with van der Waals surface area (Å²) >= 11 is 0. The van der Waals surface area contributed by atoms with Crippen LogP contribution in [0.1, 0.15) is 42.9 Å². The van der Waals surface area contributed by atoms with Crippen molar-refractivity contribution in [3.05, 3.63) is 41.5 Å². The summed E-state index contributed by atoms with van der Waals surface area (Å²) in [5.41, 5.74) is 2.27. The Morgan fingerprint density at radius 2 is 2.00 bits per heavy atom. The van der Waals surface area contributed by atoms with Gasteiger partial charge in [0, 0.05) is 30.6 Å². The smallest absolute Gasteiger partial charge is 0.140 e. The molecule has 1 aliphatic rings. The first-order valence-corrected chi connectivity index (χ1v) is 8.01. The molecule has 1 aliphatic carbocycles. The number of aliphatic hydroxyl groups is 1. The largest absolute Gasteiger partial charge is 0.396 e. The van der Waals surface area contributed by atoms with Crippen molar-refractivity contribution in [2.75, 3.05) is 6.61 Å². The summed E-state index contributed by atoms with van der Waals surface area (Å²) in [4.78, 5) is 4.50. The fourth-order valence-electron chi connectivity index (χ4n) is 3.59. The van der Waals surface area contributed by atoms with E-state index in [1.165, 1.54) is 0 Å². The number of rotatable bonds is 3. The average molecular weight is 302 g/mol. The number of benzene rings is 1. The van der Waals surface area contributed by atoms with Crippen LogP contribution in [0, 0.1) is 25.6 Å². The molecule has 1 heterocycles. The summed E-state index contributed by atoms with van der Waals surface area (Å²) in [6, 6.07) is 4.11. The minimum Gasteiger partial charge on any atom is -0.396 e. The SMILES string of the molecule is Cc1cc(-c2nccn2[C@@H]2CCC[C@H](CO)C2)cc(C)c1F. The van der Waals surface area contributed by atoms with Gasteiger partial charge < -0.3 is 9.67 Å². The van der Waals surface area contributed by atoms with Gasteiger partial charge in [0.15, 0.2) is 0 Å². The summed E-state index contributed by atoms with van der Waals surface area (Å²) in [5, 5.41) is 9.43. The van der Waals surface area contributed by atoms with Crippen LogP contribution < -0.4 is 0 Å². The molecule has 0 aliphatic heterocycles. The van der Waals surface area contributed by atoms with Crippen LogP contribution >= 0.6 is 0 Å². The zero-order chi connectivity index (χ0) is 15.7. The molecule has 1 aromatic heterocycles. The summed E-state index contributed by atoms with van der Waals surface area (Å²) in [5.74, 6) is 1.14. The Labute approximate surface area is 130 Å². The van der Waals surface area contributed by atoms with Gasteiger partial charge in [-0.15, -0.1) is 0 Å². The quantitative estimate of drug-likeness (QED) is 0.929. The van der Waals surface area contributed by atoms with Gasteiger partial charge in [0.2, 0.25) is 0 Å². The van der Waals surface area contributed by atoms with E-state index in [-0.39, 0.29) is 12.4 Å². The van der Waals surface area contributed by atoms with Gasteiger partial charge in [-0.25, -0.2) is 9.37 Å². The Balaban J connectivity index is 1.95.